The lowest BCUT2D eigenvalue weighted by Crippen LogP contribution is -2.58. The number of methoxy groups -OCH3 is 1. The predicted molar refractivity (Wildman–Crippen MR) is 139 cm³/mol. The van der Waals surface area contributed by atoms with E-state index in [0.29, 0.717) is 48.0 Å². The number of piperazine rings is 1. The van der Waals surface area contributed by atoms with Gasteiger partial charge in [-0.1, -0.05) is 18.2 Å². The molecule has 2 atom stereocenters. The number of anilines is 1. The number of hydrogen-bond acceptors (Lipinski definition) is 7. The van der Waals surface area contributed by atoms with Gasteiger partial charge in [0.25, 0.3) is 0 Å². The Morgan fingerprint density at radius 3 is 2.68 bits per heavy atom. The van der Waals surface area contributed by atoms with E-state index in [1.807, 2.05) is 30.7 Å². The summed E-state index contributed by atoms with van der Waals surface area (Å²) in [6.45, 7) is 7.16. The van der Waals surface area contributed by atoms with Crippen molar-refractivity contribution >= 4 is 22.9 Å². The maximum Gasteiger partial charge on any atom is 0.410 e. The van der Waals surface area contributed by atoms with Gasteiger partial charge in [0, 0.05) is 48.6 Å². The fraction of sp³-hybridized carbons (Fsp3) is 0.333. The van der Waals surface area contributed by atoms with Crippen LogP contribution in [0.4, 0.5) is 15.0 Å². The highest BCUT2D eigenvalue weighted by molar-refractivity contribution is 6.02. The normalized spacial score (nSPS) is 17.8. The first-order chi connectivity index (χ1) is 17.9. The molecule has 0 N–H and O–H groups in total. The topological polar surface area (TPSA) is 85.6 Å². The molecule has 1 aliphatic rings. The first-order valence-electron chi connectivity index (χ1n) is 12.2. The molecule has 1 amide bonds. The molecule has 0 saturated carbocycles. The number of carbonyl (C=O) groups is 1. The Balaban J connectivity index is 1.68. The molecule has 4 heterocycles. The Kier molecular flexibility index (Phi) is 6.64. The van der Waals surface area contributed by atoms with E-state index in [1.54, 1.807) is 49.5 Å². The minimum atomic E-state index is -0.339. The van der Waals surface area contributed by atoms with Crippen molar-refractivity contribution in [1.82, 2.24) is 24.4 Å². The van der Waals surface area contributed by atoms with E-state index in [9.17, 15) is 4.79 Å². The fourth-order valence-electron chi connectivity index (χ4n) is 4.88. The average Bonchev–Trinajstić information content (AvgIpc) is 3.30. The summed E-state index contributed by atoms with van der Waals surface area (Å²) in [4.78, 5) is 30.0. The van der Waals surface area contributed by atoms with Crippen LogP contribution in [0.25, 0.3) is 27.8 Å². The Morgan fingerprint density at radius 2 is 1.92 bits per heavy atom. The third kappa shape index (κ3) is 4.43. The zero-order valence-corrected chi connectivity index (χ0v) is 21.3. The van der Waals surface area contributed by atoms with Gasteiger partial charge in [-0.25, -0.2) is 19.2 Å². The van der Waals surface area contributed by atoms with Crippen LogP contribution in [-0.4, -0.2) is 69.4 Å². The van der Waals surface area contributed by atoms with Crippen LogP contribution in [0.5, 0.6) is 5.75 Å². The smallest absolute Gasteiger partial charge is 0.410 e. The quantitative estimate of drug-likeness (QED) is 0.390. The summed E-state index contributed by atoms with van der Waals surface area (Å²) in [6.07, 6.45) is 6.39. The summed E-state index contributed by atoms with van der Waals surface area (Å²) in [5, 5.41) is 0.721. The minimum Gasteiger partial charge on any atom is -0.495 e. The number of fused-ring (bicyclic) bond motifs is 1. The van der Waals surface area contributed by atoms with E-state index in [4.69, 9.17) is 9.47 Å². The van der Waals surface area contributed by atoms with Crippen LogP contribution in [0.2, 0.25) is 0 Å². The highest BCUT2D eigenvalue weighted by Crippen LogP contribution is 2.39. The molecule has 0 spiro atoms. The van der Waals surface area contributed by atoms with Crippen molar-refractivity contribution in [2.75, 3.05) is 31.7 Å². The lowest BCUT2D eigenvalue weighted by atomic mass is 10.0. The van der Waals surface area contributed by atoms with Crippen molar-refractivity contribution in [3.63, 3.8) is 0 Å². The van der Waals surface area contributed by atoms with Crippen LogP contribution in [0.1, 0.15) is 20.8 Å². The van der Waals surface area contributed by atoms with Crippen molar-refractivity contribution < 1.29 is 18.7 Å². The summed E-state index contributed by atoms with van der Waals surface area (Å²) in [6, 6.07) is 8.34. The molecular formula is C27H29FN6O3. The van der Waals surface area contributed by atoms with Crippen molar-refractivity contribution in [3.8, 4) is 22.6 Å². The molecule has 4 aromatic rings. The maximum atomic E-state index is 15.1. The van der Waals surface area contributed by atoms with E-state index >= 15 is 4.39 Å². The summed E-state index contributed by atoms with van der Waals surface area (Å²) in [7, 11) is 1.58. The lowest BCUT2D eigenvalue weighted by molar-refractivity contribution is 0.0829. The zero-order valence-electron chi connectivity index (χ0n) is 21.3. The van der Waals surface area contributed by atoms with E-state index in [1.165, 1.54) is 12.4 Å². The summed E-state index contributed by atoms with van der Waals surface area (Å²) in [5.41, 5.74) is 2.46. The van der Waals surface area contributed by atoms with E-state index in [2.05, 4.69) is 19.9 Å². The van der Waals surface area contributed by atoms with E-state index in [-0.39, 0.29) is 24.0 Å². The van der Waals surface area contributed by atoms with Gasteiger partial charge in [-0.3, -0.25) is 9.55 Å². The number of aromatic nitrogens is 4. The second kappa shape index (κ2) is 10.0. The highest BCUT2D eigenvalue weighted by Gasteiger charge is 2.35. The number of halogens is 1. The third-order valence-electron chi connectivity index (χ3n) is 6.70. The SMILES string of the molecule is CCOC(=O)N1C[C@H](C)N(c2ncnc3c2c(-c2ccccc2F)cn3-c2cncc(OC)c2)C[C@H]1C. The van der Waals surface area contributed by atoms with Gasteiger partial charge in [-0.15, -0.1) is 0 Å². The molecule has 1 aromatic carbocycles. The Morgan fingerprint density at radius 1 is 1.11 bits per heavy atom. The monoisotopic (exact) mass is 504 g/mol. The number of rotatable bonds is 5. The number of ether oxygens (including phenoxy) is 2. The Hall–Kier alpha value is -4.21. The number of amides is 1. The third-order valence-corrected chi connectivity index (χ3v) is 6.70. The van der Waals surface area contributed by atoms with Gasteiger partial charge >= 0.3 is 6.09 Å². The molecule has 3 aromatic heterocycles. The number of carbonyl (C=O) groups excluding carboxylic acids is 1. The van der Waals surface area contributed by atoms with Gasteiger partial charge in [-0.05, 0) is 26.8 Å². The van der Waals surface area contributed by atoms with Gasteiger partial charge in [0.15, 0.2) is 5.65 Å². The fourth-order valence-corrected chi connectivity index (χ4v) is 4.88. The molecule has 0 radical (unpaired) electrons. The van der Waals surface area contributed by atoms with Crippen LogP contribution >= 0.6 is 0 Å². The second-order valence-electron chi connectivity index (χ2n) is 9.07. The molecule has 0 bridgehead atoms. The molecular weight excluding hydrogens is 475 g/mol. The molecule has 0 unspecified atom stereocenters. The maximum absolute atomic E-state index is 15.1. The molecule has 9 nitrogen and oxygen atoms in total. The van der Waals surface area contributed by atoms with Gasteiger partial charge < -0.3 is 19.3 Å². The number of hydrogen-bond donors (Lipinski definition) is 0. The van der Waals surface area contributed by atoms with E-state index < -0.39 is 0 Å². The first kappa shape index (κ1) is 24.5. The number of pyridine rings is 1. The number of benzene rings is 1. The lowest BCUT2D eigenvalue weighted by Gasteiger charge is -2.44. The predicted octanol–water partition coefficient (Wildman–Crippen LogP) is 4.69. The van der Waals surface area contributed by atoms with Crippen LogP contribution in [-0.2, 0) is 4.74 Å². The van der Waals surface area contributed by atoms with Crippen LogP contribution in [0, 0.1) is 5.82 Å². The van der Waals surface area contributed by atoms with E-state index in [0.717, 1.165) is 11.1 Å². The van der Waals surface area contributed by atoms with Crippen molar-refractivity contribution in [1.29, 1.82) is 0 Å². The van der Waals surface area contributed by atoms with Crippen LogP contribution in [0.15, 0.2) is 55.2 Å². The number of nitrogens with zero attached hydrogens (tertiary/aromatic N) is 6. The van der Waals surface area contributed by atoms with Crippen molar-refractivity contribution in [2.24, 2.45) is 0 Å². The summed E-state index contributed by atoms with van der Waals surface area (Å²) < 4.78 is 27.6. The van der Waals surface area contributed by atoms with Gasteiger partial charge in [0.2, 0.25) is 0 Å². The first-order valence-corrected chi connectivity index (χ1v) is 12.2. The zero-order chi connectivity index (χ0) is 26.1. The standard InChI is InChI=1S/C27H29FN6O3/c1-5-37-27(35)33-14-17(2)32(13-18(33)3)25-24-22(21-8-6-7-9-23(21)28)15-34(26(24)31-16-30-25)19-10-20(36-4)12-29-11-19/h6-12,15-18H,5,13-14H2,1-4H3/t17-,18+/m0/s1. The summed E-state index contributed by atoms with van der Waals surface area (Å²) in [5.74, 6) is 0.938. The molecule has 37 heavy (non-hydrogen) atoms. The van der Waals surface area contributed by atoms with Gasteiger partial charge in [-0.2, -0.15) is 0 Å². The summed E-state index contributed by atoms with van der Waals surface area (Å²) >= 11 is 0. The molecule has 5 rings (SSSR count). The molecule has 1 aliphatic heterocycles. The largest absolute Gasteiger partial charge is 0.495 e. The van der Waals surface area contributed by atoms with Crippen molar-refractivity contribution in [3.05, 3.63) is 61.1 Å². The molecule has 10 heteroatoms. The van der Waals surface area contributed by atoms with Crippen LogP contribution < -0.4 is 9.64 Å². The van der Waals surface area contributed by atoms with Gasteiger partial charge in [0.1, 0.15) is 23.7 Å². The Labute approximate surface area is 214 Å². The molecule has 1 fully saturated rings. The van der Waals surface area contributed by atoms with Crippen molar-refractivity contribution in [2.45, 2.75) is 32.9 Å². The molecule has 192 valence electrons. The molecule has 1 saturated heterocycles. The minimum absolute atomic E-state index is 0.0611. The highest BCUT2D eigenvalue weighted by atomic mass is 19.1. The average molecular weight is 505 g/mol. The second-order valence-corrected chi connectivity index (χ2v) is 9.07. The van der Waals surface area contributed by atoms with Gasteiger partial charge in [0.05, 0.1) is 37.2 Å². The molecule has 0 aliphatic carbocycles. The Bertz CT molecular complexity index is 1440. The van der Waals surface area contributed by atoms with Crippen LogP contribution in [0.3, 0.4) is 0 Å².